The standard InChI is InChI=1S/C12H15NO2/c1-9(2)15-12(14)8-11(13)10-6-4-3-5-7-10/h3-9H,13H2,1-2H3/b11-8+. The predicted octanol–water partition coefficient (Wildman–Crippen LogP) is 1.94. The Morgan fingerprint density at radius 1 is 1.33 bits per heavy atom. The Hall–Kier alpha value is -1.77. The average molecular weight is 205 g/mol. The van der Waals surface area contributed by atoms with E-state index in [9.17, 15) is 4.79 Å². The monoisotopic (exact) mass is 205 g/mol. The number of ether oxygens (including phenoxy) is 1. The molecule has 0 aliphatic heterocycles. The van der Waals surface area contributed by atoms with E-state index >= 15 is 0 Å². The van der Waals surface area contributed by atoms with Gasteiger partial charge in [0.15, 0.2) is 0 Å². The molecule has 2 N–H and O–H groups in total. The zero-order valence-electron chi connectivity index (χ0n) is 8.94. The highest BCUT2D eigenvalue weighted by Gasteiger charge is 2.03. The predicted molar refractivity (Wildman–Crippen MR) is 59.8 cm³/mol. The van der Waals surface area contributed by atoms with E-state index in [2.05, 4.69) is 0 Å². The molecule has 1 aromatic rings. The summed E-state index contributed by atoms with van der Waals surface area (Å²) < 4.78 is 4.95. The molecule has 3 heteroatoms. The molecule has 15 heavy (non-hydrogen) atoms. The molecule has 0 saturated heterocycles. The smallest absolute Gasteiger partial charge is 0.333 e. The van der Waals surface area contributed by atoms with Crippen LogP contribution in [0, 0.1) is 0 Å². The number of hydrogen-bond donors (Lipinski definition) is 1. The lowest BCUT2D eigenvalue weighted by Gasteiger charge is -2.05. The van der Waals surface area contributed by atoms with Crippen LogP contribution in [0.4, 0.5) is 0 Å². The second-order valence-corrected chi connectivity index (χ2v) is 3.45. The largest absolute Gasteiger partial charge is 0.460 e. The van der Waals surface area contributed by atoms with E-state index in [1.807, 2.05) is 30.3 Å². The molecule has 0 bridgehead atoms. The molecule has 1 rings (SSSR count). The molecule has 0 spiro atoms. The fourth-order valence-corrected chi connectivity index (χ4v) is 1.11. The first-order chi connectivity index (χ1) is 7.09. The van der Waals surface area contributed by atoms with Gasteiger partial charge < -0.3 is 10.5 Å². The van der Waals surface area contributed by atoms with Crippen molar-refractivity contribution in [2.75, 3.05) is 0 Å². The number of carbonyl (C=O) groups excluding carboxylic acids is 1. The molecule has 0 saturated carbocycles. The van der Waals surface area contributed by atoms with E-state index in [0.29, 0.717) is 5.70 Å². The molecule has 0 aliphatic rings. The van der Waals surface area contributed by atoms with Crippen molar-refractivity contribution in [1.82, 2.24) is 0 Å². The third-order valence-corrected chi connectivity index (χ3v) is 1.73. The van der Waals surface area contributed by atoms with Crippen LogP contribution in [0.2, 0.25) is 0 Å². The van der Waals surface area contributed by atoms with Gasteiger partial charge in [0, 0.05) is 11.8 Å². The third kappa shape index (κ3) is 3.85. The molecule has 80 valence electrons. The lowest BCUT2D eigenvalue weighted by Crippen LogP contribution is -2.10. The summed E-state index contributed by atoms with van der Waals surface area (Å²) in [6.07, 6.45) is 1.17. The van der Waals surface area contributed by atoms with E-state index in [0.717, 1.165) is 5.56 Å². The van der Waals surface area contributed by atoms with Gasteiger partial charge in [0.1, 0.15) is 0 Å². The number of nitrogens with two attached hydrogens (primary N) is 1. The van der Waals surface area contributed by atoms with Crippen molar-refractivity contribution in [3.05, 3.63) is 42.0 Å². The summed E-state index contributed by atoms with van der Waals surface area (Å²) in [5.74, 6) is -0.411. The van der Waals surface area contributed by atoms with Crippen LogP contribution in [0.5, 0.6) is 0 Å². The van der Waals surface area contributed by atoms with Crippen molar-refractivity contribution in [3.63, 3.8) is 0 Å². The van der Waals surface area contributed by atoms with Crippen molar-refractivity contribution in [2.24, 2.45) is 5.73 Å². The van der Waals surface area contributed by atoms with Crippen LogP contribution >= 0.6 is 0 Å². The van der Waals surface area contributed by atoms with E-state index in [1.54, 1.807) is 13.8 Å². The maximum Gasteiger partial charge on any atom is 0.333 e. The zero-order valence-corrected chi connectivity index (χ0v) is 8.94. The highest BCUT2D eigenvalue weighted by Crippen LogP contribution is 2.07. The van der Waals surface area contributed by atoms with Crippen LogP contribution in [0.25, 0.3) is 5.70 Å². The van der Waals surface area contributed by atoms with Crippen molar-refractivity contribution in [1.29, 1.82) is 0 Å². The first kappa shape index (κ1) is 11.3. The minimum absolute atomic E-state index is 0.127. The highest BCUT2D eigenvalue weighted by molar-refractivity contribution is 5.90. The van der Waals surface area contributed by atoms with Gasteiger partial charge in [-0.15, -0.1) is 0 Å². The fraction of sp³-hybridized carbons (Fsp3) is 0.250. The second kappa shape index (κ2) is 5.20. The minimum Gasteiger partial charge on any atom is -0.460 e. The van der Waals surface area contributed by atoms with Gasteiger partial charge in [-0.2, -0.15) is 0 Å². The Morgan fingerprint density at radius 2 is 1.93 bits per heavy atom. The number of esters is 1. The van der Waals surface area contributed by atoms with Gasteiger partial charge in [0.25, 0.3) is 0 Å². The van der Waals surface area contributed by atoms with Crippen molar-refractivity contribution < 1.29 is 9.53 Å². The Bertz CT molecular complexity index is 355. The average Bonchev–Trinajstić information content (AvgIpc) is 2.17. The quantitative estimate of drug-likeness (QED) is 0.606. The van der Waals surface area contributed by atoms with Crippen LogP contribution in [0.15, 0.2) is 36.4 Å². The molecule has 0 amide bonds. The van der Waals surface area contributed by atoms with E-state index < -0.39 is 5.97 Å². The summed E-state index contributed by atoms with van der Waals surface area (Å²) in [7, 11) is 0. The summed E-state index contributed by atoms with van der Waals surface area (Å²) >= 11 is 0. The Morgan fingerprint density at radius 3 is 2.47 bits per heavy atom. The lowest BCUT2D eigenvalue weighted by atomic mass is 10.1. The molecule has 0 aliphatic carbocycles. The van der Waals surface area contributed by atoms with Gasteiger partial charge in [0.2, 0.25) is 0 Å². The summed E-state index contributed by atoms with van der Waals surface area (Å²) in [6, 6.07) is 9.31. The Kier molecular flexibility index (Phi) is 3.92. The highest BCUT2D eigenvalue weighted by atomic mass is 16.5. The minimum atomic E-state index is -0.411. The van der Waals surface area contributed by atoms with Crippen molar-refractivity contribution in [3.8, 4) is 0 Å². The maximum atomic E-state index is 11.3. The summed E-state index contributed by atoms with van der Waals surface area (Å²) in [4.78, 5) is 11.3. The van der Waals surface area contributed by atoms with E-state index in [1.165, 1.54) is 6.08 Å². The first-order valence-corrected chi connectivity index (χ1v) is 4.83. The molecular formula is C12H15NO2. The fourth-order valence-electron chi connectivity index (χ4n) is 1.11. The SMILES string of the molecule is CC(C)OC(=O)/C=C(/N)c1ccccc1. The molecule has 0 aromatic heterocycles. The molecule has 0 fully saturated rings. The zero-order chi connectivity index (χ0) is 11.3. The van der Waals surface area contributed by atoms with E-state index in [4.69, 9.17) is 10.5 Å². The molecule has 0 radical (unpaired) electrons. The van der Waals surface area contributed by atoms with Gasteiger partial charge in [-0.25, -0.2) is 4.79 Å². The molecule has 0 heterocycles. The Labute approximate surface area is 89.5 Å². The normalized spacial score (nSPS) is 11.5. The number of benzene rings is 1. The van der Waals surface area contributed by atoms with Crippen LogP contribution < -0.4 is 5.73 Å². The topological polar surface area (TPSA) is 52.3 Å². The van der Waals surface area contributed by atoms with Crippen LogP contribution in [0.1, 0.15) is 19.4 Å². The van der Waals surface area contributed by atoms with Crippen LogP contribution in [0.3, 0.4) is 0 Å². The molecule has 0 atom stereocenters. The molecule has 1 aromatic carbocycles. The maximum absolute atomic E-state index is 11.3. The van der Waals surface area contributed by atoms with Gasteiger partial charge in [-0.1, -0.05) is 30.3 Å². The van der Waals surface area contributed by atoms with Crippen LogP contribution in [-0.4, -0.2) is 12.1 Å². The summed E-state index contributed by atoms with van der Waals surface area (Å²) in [5, 5.41) is 0. The number of hydrogen-bond acceptors (Lipinski definition) is 3. The Balaban J connectivity index is 2.72. The molecule has 3 nitrogen and oxygen atoms in total. The third-order valence-electron chi connectivity index (χ3n) is 1.73. The summed E-state index contributed by atoms with van der Waals surface area (Å²) in [6.45, 7) is 3.59. The van der Waals surface area contributed by atoms with Gasteiger partial charge in [0.05, 0.1) is 6.10 Å². The lowest BCUT2D eigenvalue weighted by molar-refractivity contribution is -0.141. The second-order valence-electron chi connectivity index (χ2n) is 3.45. The first-order valence-electron chi connectivity index (χ1n) is 4.83. The molecular weight excluding hydrogens is 190 g/mol. The van der Waals surface area contributed by atoms with Crippen molar-refractivity contribution in [2.45, 2.75) is 20.0 Å². The number of rotatable bonds is 3. The van der Waals surface area contributed by atoms with Gasteiger partial charge in [-0.05, 0) is 19.4 Å². The van der Waals surface area contributed by atoms with Crippen LogP contribution in [-0.2, 0) is 9.53 Å². The van der Waals surface area contributed by atoms with E-state index in [-0.39, 0.29) is 6.10 Å². The van der Waals surface area contributed by atoms with Gasteiger partial charge >= 0.3 is 5.97 Å². The molecule has 0 unspecified atom stereocenters. The summed E-state index contributed by atoms with van der Waals surface area (Å²) in [5.41, 5.74) is 6.97. The number of carbonyl (C=O) groups is 1. The van der Waals surface area contributed by atoms with Gasteiger partial charge in [-0.3, -0.25) is 0 Å². The van der Waals surface area contributed by atoms with Crippen molar-refractivity contribution >= 4 is 11.7 Å².